The number of benzene rings is 1. The number of carbonyl (C=O) groups excluding carboxylic acids is 1. The van der Waals surface area contributed by atoms with Crippen LogP contribution < -0.4 is 0 Å². The van der Waals surface area contributed by atoms with E-state index < -0.39 is 5.92 Å². The first-order chi connectivity index (χ1) is 11.1. The average Bonchev–Trinajstić information content (AvgIpc) is 3.13. The molecule has 2 heterocycles. The van der Waals surface area contributed by atoms with Crippen molar-refractivity contribution in [3.63, 3.8) is 0 Å². The minimum absolute atomic E-state index is 0.0964. The van der Waals surface area contributed by atoms with Gasteiger partial charge in [0, 0.05) is 41.1 Å². The van der Waals surface area contributed by atoms with E-state index in [1.54, 1.807) is 0 Å². The normalized spacial score (nSPS) is 12.2. The molecule has 0 aliphatic carbocycles. The summed E-state index contributed by atoms with van der Waals surface area (Å²) in [5, 5.41) is 12.9. The van der Waals surface area contributed by atoms with Crippen LogP contribution in [0.3, 0.4) is 0 Å². The predicted molar refractivity (Wildman–Crippen MR) is 91.5 cm³/mol. The van der Waals surface area contributed by atoms with E-state index in [1.807, 2.05) is 36.7 Å². The molecule has 0 fully saturated rings. The SMILES string of the molecule is CCn1cc(CC(=O)[C@H](C#N)c2nc(C)cs2)c2ccccc21. The smallest absolute Gasteiger partial charge is 0.161 e. The molecule has 116 valence electrons. The zero-order chi connectivity index (χ0) is 16.4. The van der Waals surface area contributed by atoms with Crippen LogP contribution in [-0.4, -0.2) is 15.3 Å². The van der Waals surface area contributed by atoms with Crippen LogP contribution in [0.2, 0.25) is 0 Å². The summed E-state index contributed by atoms with van der Waals surface area (Å²) in [6.07, 6.45) is 2.27. The standard InChI is InChI=1S/C18H17N3OS/c1-3-21-10-13(14-6-4-5-7-16(14)21)8-17(22)15(9-19)18-20-12(2)11-23-18/h4-7,10-11,15H,3,8H2,1-2H3/t15-/m0/s1. The fourth-order valence-corrected chi connectivity index (χ4v) is 3.65. The van der Waals surface area contributed by atoms with E-state index in [0.717, 1.165) is 28.7 Å². The molecule has 2 aromatic heterocycles. The molecule has 0 radical (unpaired) electrons. The number of Topliss-reactive ketones (excluding diaryl/α,β-unsaturated/α-hetero) is 1. The molecule has 0 spiro atoms. The molecule has 0 saturated carbocycles. The quantitative estimate of drug-likeness (QED) is 0.716. The molecule has 5 heteroatoms. The molecule has 1 atom stereocenters. The summed E-state index contributed by atoms with van der Waals surface area (Å²) in [6, 6.07) is 10.2. The Labute approximate surface area is 139 Å². The highest BCUT2D eigenvalue weighted by Gasteiger charge is 2.24. The first kappa shape index (κ1) is 15.4. The van der Waals surface area contributed by atoms with Gasteiger partial charge in [-0.2, -0.15) is 5.26 Å². The van der Waals surface area contributed by atoms with Crippen LogP contribution in [0.5, 0.6) is 0 Å². The van der Waals surface area contributed by atoms with Gasteiger partial charge in [0.1, 0.15) is 5.01 Å². The van der Waals surface area contributed by atoms with Crippen LogP contribution in [0.25, 0.3) is 10.9 Å². The highest BCUT2D eigenvalue weighted by atomic mass is 32.1. The fourth-order valence-electron chi connectivity index (χ4n) is 2.78. The van der Waals surface area contributed by atoms with Gasteiger partial charge >= 0.3 is 0 Å². The van der Waals surface area contributed by atoms with Crippen molar-refractivity contribution < 1.29 is 4.79 Å². The molecule has 4 nitrogen and oxygen atoms in total. The van der Waals surface area contributed by atoms with Gasteiger partial charge < -0.3 is 4.57 Å². The van der Waals surface area contributed by atoms with Crippen molar-refractivity contribution in [1.29, 1.82) is 5.26 Å². The molecule has 0 N–H and O–H groups in total. The van der Waals surface area contributed by atoms with E-state index in [2.05, 4.69) is 28.6 Å². The minimum atomic E-state index is -0.780. The van der Waals surface area contributed by atoms with Gasteiger partial charge in [-0.3, -0.25) is 4.79 Å². The highest BCUT2D eigenvalue weighted by Crippen LogP contribution is 2.26. The molecule has 1 aromatic carbocycles. The molecule has 3 rings (SSSR count). The van der Waals surface area contributed by atoms with E-state index >= 15 is 0 Å². The highest BCUT2D eigenvalue weighted by molar-refractivity contribution is 7.09. The van der Waals surface area contributed by atoms with Crippen molar-refractivity contribution in [3.05, 3.63) is 52.1 Å². The molecule has 0 saturated heterocycles. The van der Waals surface area contributed by atoms with Crippen molar-refractivity contribution in [3.8, 4) is 6.07 Å². The summed E-state index contributed by atoms with van der Waals surface area (Å²) in [4.78, 5) is 16.9. The average molecular weight is 323 g/mol. The van der Waals surface area contributed by atoms with Crippen LogP contribution in [-0.2, 0) is 17.8 Å². The third-order valence-corrected chi connectivity index (χ3v) is 4.94. The fraction of sp³-hybridized carbons (Fsp3) is 0.278. The lowest BCUT2D eigenvalue weighted by Gasteiger charge is -2.04. The molecule has 0 unspecified atom stereocenters. The maximum absolute atomic E-state index is 12.6. The minimum Gasteiger partial charge on any atom is -0.347 e. The summed E-state index contributed by atoms with van der Waals surface area (Å²) in [7, 11) is 0. The van der Waals surface area contributed by atoms with Gasteiger partial charge in [0.2, 0.25) is 0 Å². The number of nitrogens with zero attached hydrogens (tertiary/aromatic N) is 3. The van der Waals surface area contributed by atoms with Crippen LogP contribution in [0.4, 0.5) is 0 Å². The lowest BCUT2D eigenvalue weighted by Crippen LogP contribution is -2.13. The Morgan fingerprint density at radius 3 is 2.87 bits per heavy atom. The number of para-hydroxylation sites is 1. The number of thiazole rings is 1. The predicted octanol–water partition coefficient (Wildman–Crippen LogP) is 3.85. The summed E-state index contributed by atoms with van der Waals surface area (Å²) >= 11 is 1.37. The second kappa shape index (κ2) is 6.35. The summed E-state index contributed by atoms with van der Waals surface area (Å²) in [5.74, 6) is -0.877. The molecule has 3 aromatic rings. The molecular formula is C18H17N3OS. The van der Waals surface area contributed by atoms with Crippen molar-refractivity contribution in [1.82, 2.24) is 9.55 Å². The van der Waals surface area contributed by atoms with Crippen molar-refractivity contribution >= 4 is 28.0 Å². The van der Waals surface area contributed by atoms with E-state index in [-0.39, 0.29) is 12.2 Å². The van der Waals surface area contributed by atoms with E-state index in [0.29, 0.717) is 5.01 Å². The number of carbonyl (C=O) groups is 1. The number of ketones is 1. The third kappa shape index (κ3) is 2.90. The lowest BCUT2D eigenvalue weighted by molar-refractivity contribution is -0.118. The number of hydrogen-bond acceptors (Lipinski definition) is 4. The monoisotopic (exact) mass is 323 g/mol. The molecule has 0 aliphatic heterocycles. The first-order valence-electron chi connectivity index (χ1n) is 7.55. The zero-order valence-electron chi connectivity index (χ0n) is 13.1. The maximum atomic E-state index is 12.6. The van der Waals surface area contributed by atoms with Gasteiger partial charge in [-0.25, -0.2) is 4.98 Å². The number of hydrogen-bond donors (Lipinski definition) is 0. The molecule has 0 amide bonds. The van der Waals surface area contributed by atoms with Gasteiger partial charge in [-0.05, 0) is 25.5 Å². The van der Waals surface area contributed by atoms with Crippen molar-refractivity contribution in [2.45, 2.75) is 32.7 Å². The van der Waals surface area contributed by atoms with Crippen molar-refractivity contribution in [2.75, 3.05) is 0 Å². The maximum Gasteiger partial charge on any atom is 0.161 e. The number of rotatable bonds is 5. The van der Waals surface area contributed by atoms with Crippen molar-refractivity contribution in [2.24, 2.45) is 0 Å². The molecular weight excluding hydrogens is 306 g/mol. The second-order valence-corrected chi connectivity index (χ2v) is 6.38. The summed E-state index contributed by atoms with van der Waals surface area (Å²) in [5.41, 5.74) is 2.94. The Morgan fingerprint density at radius 1 is 1.43 bits per heavy atom. The number of nitriles is 1. The van der Waals surface area contributed by atoms with Gasteiger partial charge in [0.05, 0.1) is 6.07 Å². The van der Waals surface area contributed by atoms with Gasteiger partial charge in [-0.1, -0.05) is 18.2 Å². The Kier molecular flexibility index (Phi) is 4.26. The van der Waals surface area contributed by atoms with E-state index in [9.17, 15) is 10.1 Å². The topological polar surface area (TPSA) is 58.7 Å². The Morgan fingerprint density at radius 2 is 2.22 bits per heavy atom. The largest absolute Gasteiger partial charge is 0.347 e. The molecule has 23 heavy (non-hydrogen) atoms. The van der Waals surface area contributed by atoms with Crippen LogP contribution >= 0.6 is 11.3 Å². The van der Waals surface area contributed by atoms with Gasteiger partial charge in [0.15, 0.2) is 11.7 Å². The molecule has 0 bridgehead atoms. The summed E-state index contributed by atoms with van der Waals surface area (Å²) < 4.78 is 2.13. The molecule has 0 aliphatic rings. The third-order valence-electron chi connectivity index (χ3n) is 3.91. The Bertz CT molecular complexity index is 901. The number of fused-ring (bicyclic) bond motifs is 1. The second-order valence-electron chi connectivity index (χ2n) is 5.49. The number of aryl methyl sites for hydroxylation is 2. The Balaban J connectivity index is 1.92. The lowest BCUT2D eigenvalue weighted by atomic mass is 9.99. The van der Waals surface area contributed by atoms with Gasteiger partial charge in [0.25, 0.3) is 0 Å². The van der Waals surface area contributed by atoms with E-state index in [1.165, 1.54) is 11.3 Å². The zero-order valence-corrected chi connectivity index (χ0v) is 13.9. The summed E-state index contributed by atoms with van der Waals surface area (Å²) in [6.45, 7) is 4.80. The van der Waals surface area contributed by atoms with Crippen LogP contribution in [0.1, 0.15) is 29.1 Å². The van der Waals surface area contributed by atoms with E-state index in [4.69, 9.17) is 0 Å². The van der Waals surface area contributed by atoms with Crippen LogP contribution in [0.15, 0.2) is 35.8 Å². The Hall–Kier alpha value is -2.45. The number of aromatic nitrogens is 2. The first-order valence-corrected chi connectivity index (χ1v) is 8.43. The van der Waals surface area contributed by atoms with Gasteiger partial charge in [-0.15, -0.1) is 11.3 Å². The van der Waals surface area contributed by atoms with Crippen LogP contribution in [0, 0.1) is 18.3 Å².